The van der Waals surface area contributed by atoms with Gasteiger partial charge in [0, 0.05) is 5.38 Å². The highest BCUT2D eigenvalue weighted by atomic mass is 32.1. The Morgan fingerprint density at radius 3 is 2.22 bits per heavy atom. The van der Waals surface area contributed by atoms with Gasteiger partial charge in [-0.2, -0.15) is 0 Å². The smallest absolute Gasteiger partial charge is 0.230 e. The molecule has 2 amide bonds. The normalized spacial score (nSPS) is 10.4. The summed E-state index contributed by atoms with van der Waals surface area (Å²) in [5, 5.41) is 7.90. The fourth-order valence-electron chi connectivity index (χ4n) is 3.02. The maximum atomic E-state index is 12.6. The van der Waals surface area contributed by atoms with Gasteiger partial charge in [-0.05, 0) is 29.8 Å². The standard InChI is InChI=1S/C25H21N3O3S/c29-23(15-18-9-3-1-4-10-18)28-25-26-19(17-32-25)16-24(30)27-21-13-7-8-14-22(21)31-20-11-5-2-6-12-20/h1-14,17H,15-16H2,(H,27,30)(H,26,28,29). The number of nitrogens with zero attached hydrogens (tertiary/aromatic N) is 1. The Hall–Kier alpha value is -3.97. The molecule has 0 saturated heterocycles. The number of amides is 2. The number of carbonyl (C=O) groups excluding carboxylic acids is 2. The minimum atomic E-state index is -0.221. The minimum absolute atomic E-state index is 0.0880. The van der Waals surface area contributed by atoms with Gasteiger partial charge in [0.05, 0.1) is 24.2 Å². The molecule has 1 heterocycles. The van der Waals surface area contributed by atoms with Crippen molar-refractivity contribution < 1.29 is 14.3 Å². The number of ether oxygens (including phenoxy) is 1. The van der Waals surface area contributed by atoms with Crippen molar-refractivity contribution in [3.63, 3.8) is 0 Å². The van der Waals surface area contributed by atoms with Crippen LogP contribution < -0.4 is 15.4 Å². The van der Waals surface area contributed by atoms with E-state index in [0.29, 0.717) is 28.0 Å². The number of thiazole rings is 1. The van der Waals surface area contributed by atoms with E-state index in [-0.39, 0.29) is 24.7 Å². The fourth-order valence-corrected chi connectivity index (χ4v) is 3.75. The van der Waals surface area contributed by atoms with Crippen molar-refractivity contribution in [2.75, 3.05) is 10.6 Å². The van der Waals surface area contributed by atoms with E-state index in [9.17, 15) is 9.59 Å². The van der Waals surface area contributed by atoms with Crippen LogP contribution in [-0.4, -0.2) is 16.8 Å². The van der Waals surface area contributed by atoms with Gasteiger partial charge in [-0.1, -0.05) is 60.7 Å². The highest BCUT2D eigenvalue weighted by Gasteiger charge is 2.13. The fraction of sp³-hybridized carbons (Fsp3) is 0.0800. The predicted octanol–water partition coefficient (Wildman–Crippen LogP) is 5.30. The third-order valence-electron chi connectivity index (χ3n) is 4.48. The Labute approximate surface area is 189 Å². The van der Waals surface area contributed by atoms with Gasteiger partial charge in [0.25, 0.3) is 0 Å². The number of nitrogens with one attached hydrogen (secondary N) is 2. The number of para-hydroxylation sites is 3. The molecule has 1 aromatic heterocycles. The van der Waals surface area contributed by atoms with Crippen LogP contribution in [0.2, 0.25) is 0 Å². The second-order valence-corrected chi connectivity index (χ2v) is 7.85. The van der Waals surface area contributed by atoms with Crippen LogP contribution in [0.3, 0.4) is 0 Å². The summed E-state index contributed by atoms with van der Waals surface area (Å²) in [6.07, 6.45) is 0.360. The molecule has 2 N–H and O–H groups in total. The third kappa shape index (κ3) is 6.02. The van der Waals surface area contributed by atoms with Crippen molar-refractivity contribution >= 4 is 34.0 Å². The average Bonchev–Trinajstić information content (AvgIpc) is 3.22. The van der Waals surface area contributed by atoms with Crippen LogP contribution in [0.25, 0.3) is 0 Å². The van der Waals surface area contributed by atoms with E-state index in [4.69, 9.17) is 4.74 Å². The van der Waals surface area contributed by atoms with Crippen LogP contribution >= 0.6 is 11.3 Å². The summed E-state index contributed by atoms with van der Waals surface area (Å²) in [5.74, 6) is 0.874. The molecule has 0 aliphatic carbocycles. The summed E-state index contributed by atoms with van der Waals surface area (Å²) in [6.45, 7) is 0. The van der Waals surface area contributed by atoms with E-state index in [1.807, 2.05) is 72.8 Å². The lowest BCUT2D eigenvalue weighted by Gasteiger charge is -2.11. The number of rotatable bonds is 8. The first-order valence-corrected chi connectivity index (χ1v) is 10.9. The molecule has 4 rings (SSSR count). The van der Waals surface area contributed by atoms with E-state index < -0.39 is 0 Å². The van der Waals surface area contributed by atoms with Crippen molar-refractivity contribution in [2.45, 2.75) is 12.8 Å². The van der Waals surface area contributed by atoms with Gasteiger partial charge in [-0.3, -0.25) is 9.59 Å². The molecule has 0 spiro atoms. The molecule has 0 aliphatic rings. The molecule has 0 bridgehead atoms. The lowest BCUT2D eigenvalue weighted by Crippen LogP contribution is -2.16. The monoisotopic (exact) mass is 443 g/mol. The molecule has 6 nitrogen and oxygen atoms in total. The molecule has 32 heavy (non-hydrogen) atoms. The Bertz CT molecular complexity index is 1190. The molecule has 0 atom stereocenters. The third-order valence-corrected chi connectivity index (χ3v) is 5.29. The van der Waals surface area contributed by atoms with Crippen LogP contribution in [0, 0.1) is 0 Å². The number of anilines is 2. The zero-order valence-electron chi connectivity index (χ0n) is 17.2. The van der Waals surface area contributed by atoms with Gasteiger partial charge in [0.15, 0.2) is 10.9 Å². The van der Waals surface area contributed by atoms with E-state index in [2.05, 4.69) is 15.6 Å². The topological polar surface area (TPSA) is 80.3 Å². The van der Waals surface area contributed by atoms with Crippen molar-refractivity contribution in [1.29, 1.82) is 0 Å². The van der Waals surface area contributed by atoms with Gasteiger partial charge >= 0.3 is 0 Å². The van der Waals surface area contributed by atoms with Crippen molar-refractivity contribution in [2.24, 2.45) is 0 Å². The quantitative estimate of drug-likeness (QED) is 0.387. The van der Waals surface area contributed by atoms with E-state index in [1.54, 1.807) is 17.5 Å². The Morgan fingerprint density at radius 2 is 1.44 bits per heavy atom. The summed E-state index contributed by atoms with van der Waals surface area (Å²) in [5.41, 5.74) is 2.09. The molecule has 0 aliphatic heterocycles. The van der Waals surface area contributed by atoms with Crippen molar-refractivity contribution in [3.05, 3.63) is 102 Å². The summed E-state index contributed by atoms with van der Waals surface area (Å²) in [4.78, 5) is 29.1. The van der Waals surface area contributed by atoms with Gasteiger partial charge in [-0.15, -0.1) is 11.3 Å². The number of hydrogen-bond acceptors (Lipinski definition) is 5. The zero-order valence-corrected chi connectivity index (χ0v) is 18.0. The van der Waals surface area contributed by atoms with Crippen LogP contribution in [0.5, 0.6) is 11.5 Å². The Kier molecular flexibility index (Phi) is 6.89. The Balaban J connectivity index is 1.33. The molecule has 0 fully saturated rings. The maximum absolute atomic E-state index is 12.6. The molecule has 7 heteroatoms. The molecule has 3 aromatic carbocycles. The first kappa shape index (κ1) is 21.3. The zero-order chi connectivity index (χ0) is 22.2. The summed E-state index contributed by atoms with van der Waals surface area (Å²) in [7, 11) is 0. The summed E-state index contributed by atoms with van der Waals surface area (Å²) < 4.78 is 5.88. The number of carbonyl (C=O) groups is 2. The van der Waals surface area contributed by atoms with Crippen molar-refractivity contribution in [3.8, 4) is 11.5 Å². The van der Waals surface area contributed by atoms with E-state index >= 15 is 0 Å². The van der Waals surface area contributed by atoms with Gasteiger partial charge in [0.1, 0.15) is 5.75 Å². The SMILES string of the molecule is O=C(Cc1ccccc1)Nc1nc(CC(=O)Nc2ccccc2Oc2ccccc2)cs1. The lowest BCUT2D eigenvalue weighted by atomic mass is 10.1. The number of aromatic nitrogens is 1. The second kappa shape index (κ2) is 10.4. The molecule has 0 radical (unpaired) electrons. The average molecular weight is 444 g/mol. The van der Waals surface area contributed by atoms with Gasteiger partial charge < -0.3 is 15.4 Å². The number of benzene rings is 3. The summed E-state index contributed by atoms with van der Waals surface area (Å²) in [6, 6.07) is 26.1. The highest BCUT2D eigenvalue weighted by molar-refractivity contribution is 7.13. The van der Waals surface area contributed by atoms with E-state index in [1.165, 1.54) is 11.3 Å². The van der Waals surface area contributed by atoms with Crippen LogP contribution in [0.4, 0.5) is 10.8 Å². The van der Waals surface area contributed by atoms with Gasteiger partial charge in [-0.25, -0.2) is 4.98 Å². The molecule has 160 valence electrons. The summed E-state index contributed by atoms with van der Waals surface area (Å²) >= 11 is 1.29. The van der Waals surface area contributed by atoms with Crippen LogP contribution in [0.15, 0.2) is 90.3 Å². The van der Waals surface area contributed by atoms with Crippen LogP contribution in [-0.2, 0) is 22.4 Å². The second-order valence-electron chi connectivity index (χ2n) is 6.99. The van der Waals surface area contributed by atoms with Crippen LogP contribution in [0.1, 0.15) is 11.3 Å². The molecular formula is C25H21N3O3S. The minimum Gasteiger partial charge on any atom is -0.455 e. The first-order chi connectivity index (χ1) is 15.7. The lowest BCUT2D eigenvalue weighted by molar-refractivity contribution is -0.116. The van der Waals surface area contributed by atoms with Crippen molar-refractivity contribution in [1.82, 2.24) is 4.98 Å². The molecule has 0 unspecified atom stereocenters. The maximum Gasteiger partial charge on any atom is 0.230 e. The number of hydrogen-bond donors (Lipinski definition) is 2. The molecule has 0 saturated carbocycles. The van der Waals surface area contributed by atoms with E-state index in [0.717, 1.165) is 5.56 Å². The highest BCUT2D eigenvalue weighted by Crippen LogP contribution is 2.29. The largest absolute Gasteiger partial charge is 0.455 e. The molecule has 4 aromatic rings. The predicted molar refractivity (Wildman–Crippen MR) is 126 cm³/mol. The van der Waals surface area contributed by atoms with Gasteiger partial charge in [0.2, 0.25) is 11.8 Å². The molecular weight excluding hydrogens is 422 g/mol. The Morgan fingerprint density at radius 1 is 0.781 bits per heavy atom. The first-order valence-electron chi connectivity index (χ1n) is 10.1.